The summed E-state index contributed by atoms with van der Waals surface area (Å²) >= 11 is 0. The van der Waals surface area contributed by atoms with Crippen molar-refractivity contribution in [1.82, 2.24) is 14.8 Å². The lowest BCUT2D eigenvalue weighted by atomic mass is 10.3. The van der Waals surface area contributed by atoms with Gasteiger partial charge in [0.25, 0.3) is 6.43 Å². The minimum absolute atomic E-state index is 0.389. The van der Waals surface area contributed by atoms with Crippen molar-refractivity contribution < 1.29 is 8.78 Å². The average Bonchev–Trinajstić information content (AvgIpc) is 2.80. The van der Waals surface area contributed by atoms with Gasteiger partial charge >= 0.3 is 0 Å². The van der Waals surface area contributed by atoms with Crippen LogP contribution in [0.25, 0.3) is 0 Å². The van der Waals surface area contributed by atoms with Crippen LogP contribution in [0.2, 0.25) is 0 Å². The minimum Gasteiger partial charge on any atom is -0.379 e. The van der Waals surface area contributed by atoms with E-state index in [1.807, 2.05) is 0 Å². The number of hydrogen-bond acceptors (Lipinski definition) is 3. The molecule has 1 N–H and O–H groups in total. The molecule has 0 amide bonds. The molecule has 0 aromatic carbocycles. The van der Waals surface area contributed by atoms with Gasteiger partial charge in [0.2, 0.25) is 0 Å². The largest absolute Gasteiger partial charge is 0.379 e. The maximum atomic E-state index is 12.1. The Hall–Kier alpha value is -2.42. The maximum Gasteiger partial charge on any atom is 0.255 e. The molecular formula is C13H12F2N4. The Morgan fingerprint density at radius 3 is 2.95 bits per heavy atom. The van der Waals surface area contributed by atoms with Crippen molar-refractivity contribution in [2.45, 2.75) is 6.43 Å². The topological polar surface area (TPSA) is 42.7 Å². The first kappa shape index (κ1) is 13.0. The lowest BCUT2D eigenvalue weighted by molar-refractivity contribution is 0.163. The van der Waals surface area contributed by atoms with Gasteiger partial charge < -0.3 is 5.32 Å². The summed E-state index contributed by atoms with van der Waals surface area (Å²) in [4.78, 5) is 4.06. The molecule has 19 heavy (non-hydrogen) atoms. The first-order chi connectivity index (χ1) is 9.13. The number of rotatable bonds is 3. The summed E-state index contributed by atoms with van der Waals surface area (Å²) in [7, 11) is 1.80. The third-order valence-corrected chi connectivity index (χ3v) is 2.26. The van der Waals surface area contributed by atoms with Crippen molar-refractivity contribution in [1.29, 1.82) is 0 Å². The van der Waals surface area contributed by atoms with Crippen LogP contribution in [0.4, 0.5) is 14.5 Å². The van der Waals surface area contributed by atoms with Crippen LogP contribution in [0.5, 0.6) is 0 Å². The Bertz CT molecular complexity index is 610. The first-order valence-electron chi connectivity index (χ1n) is 5.62. The molecule has 0 unspecified atom stereocenters. The molecule has 6 heteroatoms. The van der Waals surface area contributed by atoms with E-state index in [2.05, 4.69) is 27.2 Å². The Labute approximate surface area is 109 Å². The Morgan fingerprint density at radius 1 is 1.42 bits per heavy atom. The monoisotopic (exact) mass is 262 g/mol. The van der Waals surface area contributed by atoms with E-state index in [1.165, 1.54) is 6.20 Å². The molecule has 0 bridgehead atoms. The lowest BCUT2D eigenvalue weighted by Crippen LogP contribution is -2.10. The first-order valence-corrected chi connectivity index (χ1v) is 5.62. The summed E-state index contributed by atoms with van der Waals surface area (Å²) in [6.45, 7) is -0.389. The summed E-state index contributed by atoms with van der Waals surface area (Å²) in [6.07, 6.45) is 2.57. The summed E-state index contributed by atoms with van der Waals surface area (Å²) in [6, 6.07) is 3.25. The van der Waals surface area contributed by atoms with E-state index in [0.717, 1.165) is 5.56 Å². The summed E-state index contributed by atoms with van der Waals surface area (Å²) in [5, 5.41) is 6.61. The maximum absolute atomic E-state index is 12.1. The molecule has 0 aliphatic heterocycles. The molecule has 0 spiro atoms. The smallest absolute Gasteiger partial charge is 0.255 e. The average molecular weight is 262 g/mol. The predicted molar refractivity (Wildman–Crippen MR) is 67.9 cm³/mol. The second kappa shape index (κ2) is 5.96. The Morgan fingerprint density at radius 2 is 2.26 bits per heavy atom. The van der Waals surface area contributed by atoms with Crippen molar-refractivity contribution in [3.8, 4) is 11.8 Å². The third-order valence-electron chi connectivity index (χ3n) is 2.26. The number of nitrogens with one attached hydrogen (secondary N) is 1. The number of pyridine rings is 1. The highest BCUT2D eigenvalue weighted by molar-refractivity contribution is 5.48. The Balaban J connectivity index is 2.09. The second-order valence-corrected chi connectivity index (χ2v) is 3.85. The molecule has 2 aromatic rings. The van der Waals surface area contributed by atoms with Crippen LogP contribution in [-0.2, 0) is 7.05 Å². The zero-order valence-electron chi connectivity index (χ0n) is 10.3. The number of aromatic nitrogens is 3. The highest BCUT2D eigenvalue weighted by Crippen LogP contribution is 2.08. The van der Waals surface area contributed by atoms with Crippen molar-refractivity contribution in [3.05, 3.63) is 42.0 Å². The highest BCUT2D eigenvalue weighted by Gasteiger charge is 2.01. The van der Waals surface area contributed by atoms with E-state index in [9.17, 15) is 8.78 Å². The molecule has 2 heterocycles. The van der Waals surface area contributed by atoms with Crippen molar-refractivity contribution >= 4 is 5.69 Å². The fourth-order valence-electron chi connectivity index (χ4n) is 1.43. The van der Waals surface area contributed by atoms with Gasteiger partial charge in [0.1, 0.15) is 5.69 Å². The zero-order valence-corrected chi connectivity index (χ0v) is 10.3. The predicted octanol–water partition coefficient (Wildman–Crippen LogP) is 1.89. The van der Waals surface area contributed by atoms with Gasteiger partial charge in [-0.05, 0) is 18.1 Å². The van der Waals surface area contributed by atoms with Gasteiger partial charge in [0, 0.05) is 25.1 Å². The number of anilines is 1. The molecule has 0 aliphatic rings. The number of aryl methyl sites for hydroxylation is 1. The molecule has 2 rings (SSSR count). The summed E-state index contributed by atoms with van der Waals surface area (Å²) in [5.74, 6) is 5.76. The van der Waals surface area contributed by atoms with Crippen molar-refractivity contribution in [2.24, 2.45) is 7.05 Å². The summed E-state index contributed by atoms with van der Waals surface area (Å²) < 4.78 is 25.8. The van der Waals surface area contributed by atoms with Gasteiger partial charge in [0.15, 0.2) is 0 Å². The molecule has 0 atom stereocenters. The van der Waals surface area contributed by atoms with Crippen LogP contribution in [0.3, 0.4) is 0 Å². The molecule has 0 saturated carbocycles. The van der Waals surface area contributed by atoms with Gasteiger partial charge in [-0.25, -0.2) is 13.8 Å². The Kier molecular flexibility index (Phi) is 4.08. The molecule has 4 nitrogen and oxygen atoms in total. The van der Waals surface area contributed by atoms with Crippen LogP contribution in [0, 0.1) is 11.8 Å². The SMILES string of the molecule is Cn1cc(C#Cc2cc(NCC(F)F)ccn2)cn1. The normalized spacial score (nSPS) is 10.1. The number of nitrogens with zero attached hydrogens (tertiary/aromatic N) is 3. The molecule has 0 fully saturated rings. The van der Waals surface area contributed by atoms with E-state index in [-0.39, 0.29) is 6.54 Å². The van der Waals surface area contributed by atoms with Crippen LogP contribution in [-0.4, -0.2) is 27.7 Å². The van der Waals surface area contributed by atoms with Gasteiger partial charge in [-0.1, -0.05) is 5.92 Å². The minimum atomic E-state index is -2.39. The van der Waals surface area contributed by atoms with Crippen molar-refractivity contribution in [3.63, 3.8) is 0 Å². The van der Waals surface area contributed by atoms with E-state index in [1.54, 1.807) is 36.3 Å². The zero-order chi connectivity index (χ0) is 13.7. The van der Waals surface area contributed by atoms with E-state index >= 15 is 0 Å². The van der Waals surface area contributed by atoms with E-state index in [4.69, 9.17) is 0 Å². The fourth-order valence-corrected chi connectivity index (χ4v) is 1.43. The number of hydrogen-bond donors (Lipinski definition) is 1. The number of halogens is 2. The standard InChI is InChI=1S/C13H12F2N4/c1-19-9-10(7-18-19)2-3-11-6-12(4-5-16-11)17-8-13(14)15/h4-7,9,13H,8H2,1H3,(H,16,17). The quantitative estimate of drug-likeness (QED) is 0.859. The third kappa shape index (κ3) is 4.07. The molecule has 0 saturated heterocycles. The van der Waals surface area contributed by atoms with Crippen LogP contribution in [0.1, 0.15) is 11.3 Å². The van der Waals surface area contributed by atoms with Gasteiger partial charge in [-0.15, -0.1) is 0 Å². The van der Waals surface area contributed by atoms with Crippen LogP contribution >= 0.6 is 0 Å². The molecule has 98 valence electrons. The van der Waals surface area contributed by atoms with Crippen LogP contribution in [0.15, 0.2) is 30.7 Å². The summed E-state index contributed by atoms with van der Waals surface area (Å²) in [5.41, 5.74) is 1.86. The highest BCUT2D eigenvalue weighted by atomic mass is 19.3. The van der Waals surface area contributed by atoms with E-state index in [0.29, 0.717) is 11.4 Å². The van der Waals surface area contributed by atoms with E-state index < -0.39 is 6.43 Å². The lowest BCUT2D eigenvalue weighted by Gasteiger charge is -2.04. The van der Waals surface area contributed by atoms with Crippen LogP contribution < -0.4 is 5.32 Å². The molecular weight excluding hydrogens is 250 g/mol. The number of alkyl halides is 2. The van der Waals surface area contributed by atoms with Gasteiger partial charge in [-0.2, -0.15) is 5.10 Å². The fraction of sp³-hybridized carbons (Fsp3) is 0.231. The van der Waals surface area contributed by atoms with Gasteiger partial charge in [-0.3, -0.25) is 4.68 Å². The van der Waals surface area contributed by atoms with Crippen molar-refractivity contribution in [2.75, 3.05) is 11.9 Å². The molecule has 2 aromatic heterocycles. The molecule has 0 aliphatic carbocycles. The van der Waals surface area contributed by atoms with Gasteiger partial charge in [0.05, 0.1) is 18.3 Å². The molecule has 0 radical (unpaired) electrons. The second-order valence-electron chi connectivity index (χ2n) is 3.85.